The number of rotatable bonds is 8. The lowest BCUT2D eigenvalue weighted by Gasteiger charge is -2.19. The summed E-state index contributed by atoms with van der Waals surface area (Å²) < 4.78 is 5.63. The maximum Gasteiger partial charge on any atom is 0.118 e. The number of nitrogens with zero attached hydrogens (tertiary/aromatic N) is 1. The molecule has 0 radical (unpaired) electrons. The van der Waals surface area contributed by atoms with Gasteiger partial charge in [-0.25, -0.2) is 0 Å². The van der Waals surface area contributed by atoms with Crippen molar-refractivity contribution in [3.63, 3.8) is 0 Å². The Kier molecular flexibility index (Phi) is 6.59. The van der Waals surface area contributed by atoms with Gasteiger partial charge < -0.3 is 9.73 Å². The average molecular weight is 266 g/mol. The molecule has 1 rings (SSSR count). The van der Waals surface area contributed by atoms with Crippen molar-refractivity contribution in [2.45, 2.75) is 65.6 Å². The Bertz CT molecular complexity index is 352. The lowest BCUT2D eigenvalue weighted by atomic mass is 10.1. The lowest BCUT2D eigenvalue weighted by Crippen LogP contribution is -2.34. The lowest BCUT2D eigenvalue weighted by molar-refractivity contribution is 0.289. The van der Waals surface area contributed by atoms with Gasteiger partial charge in [-0.15, -0.1) is 0 Å². The molecule has 19 heavy (non-hydrogen) atoms. The van der Waals surface area contributed by atoms with E-state index in [0.717, 1.165) is 25.4 Å². The van der Waals surface area contributed by atoms with E-state index in [2.05, 4.69) is 51.0 Å². The molecule has 0 saturated heterocycles. The molecule has 1 N–H and O–H groups in total. The smallest absolute Gasteiger partial charge is 0.118 e. The molecular formula is C16H30N2O. The standard InChI is InChI=1S/C16H30N2O/c1-6-7-8-9-18(5)12-15-10-14(13-19-15)11-17-16(2,3)4/h10,13,17H,6-9,11-12H2,1-5H3. The van der Waals surface area contributed by atoms with Gasteiger partial charge in [0.05, 0.1) is 12.8 Å². The number of furan rings is 1. The van der Waals surface area contributed by atoms with E-state index in [4.69, 9.17) is 4.42 Å². The van der Waals surface area contributed by atoms with E-state index >= 15 is 0 Å². The van der Waals surface area contributed by atoms with Crippen LogP contribution in [0, 0.1) is 0 Å². The minimum atomic E-state index is 0.147. The van der Waals surface area contributed by atoms with E-state index in [-0.39, 0.29) is 5.54 Å². The highest BCUT2D eigenvalue weighted by Crippen LogP contribution is 2.12. The third kappa shape index (κ3) is 7.38. The first-order valence-electron chi connectivity index (χ1n) is 7.40. The van der Waals surface area contributed by atoms with Crippen LogP contribution < -0.4 is 5.32 Å². The van der Waals surface area contributed by atoms with Crippen LogP contribution in [0.15, 0.2) is 16.7 Å². The fourth-order valence-corrected chi connectivity index (χ4v) is 1.95. The summed E-state index contributed by atoms with van der Waals surface area (Å²) in [4.78, 5) is 2.33. The normalized spacial score (nSPS) is 12.3. The molecule has 0 aliphatic carbocycles. The molecule has 1 heterocycles. The molecule has 110 valence electrons. The van der Waals surface area contributed by atoms with Crippen molar-refractivity contribution >= 4 is 0 Å². The van der Waals surface area contributed by atoms with Crippen LogP contribution in [0.4, 0.5) is 0 Å². The van der Waals surface area contributed by atoms with Gasteiger partial charge in [-0.1, -0.05) is 19.8 Å². The van der Waals surface area contributed by atoms with Gasteiger partial charge in [0.15, 0.2) is 0 Å². The molecular weight excluding hydrogens is 236 g/mol. The van der Waals surface area contributed by atoms with Gasteiger partial charge in [0.2, 0.25) is 0 Å². The molecule has 0 unspecified atom stereocenters. The molecule has 0 bridgehead atoms. The Morgan fingerprint density at radius 2 is 2.00 bits per heavy atom. The van der Waals surface area contributed by atoms with E-state index in [9.17, 15) is 0 Å². The first-order chi connectivity index (χ1) is 8.90. The summed E-state index contributed by atoms with van der Waals surface area (Å²) in [5.41, 5.74) is 1.38. The summed E-state index contributed by atoms with van der Waals surface area (Å²) in [6, 6.07) is 2.16. The maximum atomic E-state index is 5.63. The number of hydrogen-bond donors (Lipinski definition) is 1. The van der Waals surface area contributed by atoms with Crippen LogP contribution in [0.1, 0.15) is 58.3 Å². The van der Waals surface area contributed by atoms with E-state index < -0.39 is 0 Å². The third-order valence-corrected chi connectivity index (χ3v) is 3.10. The average Bonchev–Trinajstić information content (AvgIpc) is 2.73. The summed E-state index contributed by atoms with van der Waals surface area (Å²) in [6.07, 6.45) is 5.72. The van der Waals surface area contributed by atoms with Gasteiger partial charge in [0.25, 0.3) is 0 Å². The van der Waals surface area contributed by atoms with Crippen LogP contribution in [0.2, 0.25) is 0 Å². The molecule has 1 aromatic heterocycles. The van der Waals surface area contributed by atoms with E-state index in [0.29, 0.717) is 0 Å². The summed E-state index contributed by atoms with van der Waals surface area (Å²) >= 11 is 0. The Morgan fingerprint density at radius 3 is 2.63 bits per heavy atom. The van der Waals surface area contributed by atoms with Crippen LogP contribution in [0.3, 0.4) is 0 Å². The Hall–Kier alpha value is -0.800. The van der Waals surface area contributed by atoms with Crippen molar-refractivity contribution in [1.82, 2.24) is 10.2 Å². The van der Waals surface area contributed by atoms with Crippen molar-refractivity contribution in [3.8, 4) is 0 Å². The summed E-state index contributed by atoms with van der Waals surface area (Å²) in [7, 11) is 2.16. The Balaban J connectivity index is 2.33. The van der Waals surface area contributed by atoms with Crippen molar-refractivity contribution in [1.29, 1.82) is 0 Å². The van der Waals surface area contributed by atoms with Gasteiger partial charge in [-0.3, -0.25) is 4.90 Å². The molecule has 0 aromatic carbocycles. The minimum absolute atomic E-state index is 0.147. The molecule has 0 spiro atoms. The molecule has 3 heteroatoms. The third-order valence-electron chi connectivity index (χ3n) is 3.10. The maximum absolute atomic E-state index is 5.63. The zero-order valence-electron chi connectivity index (χ0n) is 13.3. The van der Waals surface area contributed by atoms with Crippen molar-refractivity contribution in [3.05, 3.63) is 23.7 Å². The number of unbranched alkanes of at least 4 members (excludes halogenated alkanes) is 2. The predicted molar refractivity (Wildman–Crippen MR) is 81.2 cm³/mol. The van der Waals surface area contributed by atoms with Crippen molar-refractivity contribution in [2.24, 2.45) is 0 Å². The molecule has 0 amide bonds. The Morgan fingerprint density at radius 1 is 1.26 bits per heavy atom. The molecule has 1 aromatic rings. The van der Waals surface area contributed by atoms with Crippen molar-refractivity contribution < 1.29 is 4.42 Å². The fourth-order valence-electron chi connectivity index (χ4n) is 1.95. The molecule has 0 aliphatic heterocycles. The quantitative estimate of drug-likeness (QED) is 0.726. The minimum Gasteiger partial charge on any atom is -0.468 e. The fraction of sp³-hybridized carbons (Fsp3) is 0.750. The first-order valence-corrected chi connectivity index (χ1v) is 7.40. The number of hydrogen-bond acceptors (Lipinski definition) is 3. The molecule has 0 saturated carbocycles. The van der Waals surface area contributed by atoms with Crippen LogP contribution in [0.5, 0.6) is 0 Å². The SMILES string of the molecule is CCCCCN(C)Cc1cc(CNC(C)(C)C)co1. The monoisotopic (exact) mass is 266 g/mol. The zero-order valence-corrected chi connectivity index (χ0v) is 13.3. The van der Waals surface area contributed by atoms with Gasteiger partial charge in [-0.05, 0) is 46.9 Å². The number of nitrogens with one attached hydrogen (secondary N) is 1. The van der Waals surface area contributed by atoms with E-state index in [1.54, 1.807) is 0 Å². The van der Waals surface area contributed by atoms with Gasteiger partial charge >= 0.3 is 0 Å². The Labute approximate surface area is 118 Å². The highest BCUT2D eigenvalue weighted by Gasteiger charge is 2.10. The second-order valence-electron chi connectivity index (χ2n) is 6.47. The highest BCUT2D eigenvalue weighted by molar-refractivity contribution is 5.12. The van der Waals surface area contributed by atoms with Crippen LogP contribution in [0.25, 0.3) is 0 Å². The predicted octanol–water partition coefficient (Wildman–Crippen LogP) is 3.79. The molecule has 3 nitrogen and oxygen atoms in total. The van der Waals surface area contributed by atoms with Gasteiger partial charge in [0, 0.05) is 17.6 Å². The molecule has 0 atom stereocenters. The summed E-state index contributed by atoms with van der Waals surface area (Å²) in [6.45, 7) is 11.7. The van der Waals surface area contributed by atoms with Crippen LogP contribution in [-0.2, 0) is 13.1 Å². The van der Waals surface area contributed by atoms with Crippen molar-refractivity contribution in [2.75, 3.05) is 13.6 Å². The molecule has 0 fully saturated rings. The summed E-state index contributed by atoms with van der Waals surface area (Å²) in [5.74, 6) is 1.06. The van der Waals surface area contributed by atoms with Crippen LogP contribution in [-0.4, -0.2) is 24.0 Å². The largest absolute Gasteiger partial charge is 0.468 e. The second-order valence-corrected chi connectivity index (χ2v) is 6.47. The van der Waals surface area contributed by atoms with Gasteiger partial charge in [-0.2, -0.15) is 0 Å². The van der Waals surface area contributed by atoms with E-state index in [1.165, 1.54) is 24.8 Å². The highest BCUT2D eigenvalue weighted by atomic mass is 16.3. The molecule has 0 aliphatic rings. The van der Waals surface area contributed by atoms with Crippen LogP contribution >= 0.6 is 0 Å². The van der Waals surface area contributed by atoms with E-state index in [1.807, 2.05) is 6.26 Å². The summed E-state index contributed by atoms with van der Waals surface area (Å²) in [5, 5.41) is 3.47. The van der Waals surface area contributed by atoms with Gasteiger partial charge in [0.1, 0.15) is 5.76 Å². The first kappa shape index (κ1) is 16.3. The topological polar surface area (TPSA) is 28.4 Å². The second kappa shape index (κ2) is 7.71. The zero-order chi connectivity index (χ0) is 14.3.